The Kier molecular flexibility index (Phi) is 4.16. The van der Waals surface area contributed by atoms with Gasteiger partial charge >= 0.3 is 5.13 Å². The van der Waals surface area contributed by atoms with E-state index in [1.165, 1.54) is 23.5 Å². The summed E-state index contributed by atoms with van der Waals surface area (Å²) in [6.07, 6.45) is 0. The van der Waals surface area contributed by atoms with Crippen molar-refractivity contribution in [3.05, 3.63) is 41.2 Å². The monoisotopic (exact) mass is 289 g/mol. The predicted molar refractivity (Wildman–Crippen MR) is 52.2 cm³/mol. The molecule has 6 heteroatoms. The second-order valence-corrected chi connectivity index (χ2v) is 3.73. The molecule has 15 heavy (non-hydrogen) atoms. The first-order valence-electron chi connectivity index (χ1n) is 4.09. The number of aromatic nitrogens is 2. The van der Waals surface area contributed by atoms with E-state index in [9.17, 15) is 4.39 Å². The fraction of sp³-hybridized carbons (Fsp3) is 0.111. The van der Waals surface area contributed by atoms with Gasteiger partial charge in [0.05, 0.1) is 0 Å². The molecule has 0 aliphatic carbocycles. The minimum absolute atomic E-state index is 0. The quantitative estimate of drug-likeness (QED) is 0.664. The van der Waals surface area contributed by atoms with Crippen molar-refractivity contribution in [3.63, 3.8) is 0 Å². The molecule has 80 valence electrons. The zero-order chi connectivity index (χ0) is 9.97. The van der Waals surface area contributed by atoms with Crippen molar-refractivity contribution in [2.45, 2.75) is 6.54 Å². The summed E-state index contributed by atoms with van der Waals surface area (Å²) >= 11 is 1.38. The molecular weight excluding hydrogens is 281 g/mol. The number of nitrogens with two attached hydrogens (primary N) is 1. The zero-order valence-electron chi connectivity index (χ0n) is 7.73. The third kappa shape index (κ3) is 2.97. The van der Waals surface area contributed by atoms with Crippen LogP contribution in [0.2, 0.25) is 0 Å². The summed E-state index contributed by atoms with van der Waals surface area (Å²) in [4.78, 5) is 0. The molecule has 2 N–H and O–H groups in total. The van der Waals surface area contributed by atoms with Crippen LogP contribution >= 0.6 is 11.3 Å². The molecular formula is C9H9BrFN3S. The third-order valence-corrected chi connectivity index (χ3v) is 2.51. The number of rotatable bonds is 2. The Labute approximate surface area is 101 Å². The van der Waals surface area contributed by atoms with Crippen LogP contribution in [0.1, 0.15) is 5.56 Å². The van der Waals surface area contributed by atoms with Gasteiger partial charge in [0, 0.05) is 0 Å². The van der Waals surface area contributed by atoms with Gasteiger partial charge in [0.15, 0.2) is 0 Å². The van der Waals surface area contributed by atoms with Gasteiger partial charge < -0.3 is 17.0 Å². The van der Waals surface area contributed by atoms with Gasteiger partial charge in [0.1, 0.15) is 17.9 Å². The van der Waals surface area contributed by atoms with Crippen molar-refractivity contribution in [2.75, 3.05) is 5.73 Å². The van der Waals surface area contributed by atoms with Crippen LogP contribution in [0.25, 0.3) is 0 Å². The number of nitrogen functional groups attached to an aromatic ring is 1. The fourth-order valence-electron chi connectivity index (χ4n) is 1.13. The van der Waals surface area contributed by atoms with Crippen LogP contribution in [0.4, 0.5) is 9.52 Å². The maximum Gasteiger partial charge on any atom is 0.354 e. The second kappa shape index (κ2) is 5.18. The standard InChI is InChI=1S/C9H8FN3S.BrH/c10-8-3-1-7(2-4-8)5-13-9(11)14-6-12-13;/h1-4,6,11H,5H2;1H. The van der Waals surface area contributed by atoms with Gasteiger partial charge in [0.2, 0.25) is 0 Å². The molecule has 0 radical (unpaired) electrons. The molecule has 3 nitrogen and oxygen atoms in total. The zero-order valence-corrected chi connectivity index (χ0v) is 10.1. The Bertz CT molecular complexity index is 429. The first-order chi connectivity index (χ1) is 6.75. The highest BCUT2D eigenvalue weighted by atomic mass is 79.9. The Hall–Kier alpha value is -1.01. The highest BCUT2D eigenvalue weighted by molar-refractivity contribution is 7.12. The lowest BCUT2D eigenvalue weighted by atomic mass is 10.2. The number of nitrogens with zero attached hydrogens (tertiary/aromatic N) is 2. The van der Waals surface area contributed by atoms with E-state index in [-0.39, 0.29) is 22.8 Å². The van der Waals surface area contributed by atoms with Crippen molar-refractivity contribution in [1.82, 2.24) is 5.10 Å². The van der Waals surface area contributed by atoms with E-state index in [2.05, 4.69) is 5.10 Å². The maximum absolute atomic E-state index is 12.6. The molecule has 0 saturated carbocycles. The van der Waals surface area contributed by atoms with Gasteiger partial charge in [-0.15, -0.1) is 4.68 Å². The molecule has 2 rings (SSSR count). The molecule has 0 aliphatic heterocycles. The summed E-state index contributed by atoms with van der Waals surface area (Å²) in [5, 5.41) is 4.70. The third-order valence-electron chi connectivity index (χ3n) is 1.86. The van der Waals surface area contributed by atoms with Crippen molar-refractivity contribution in [2.24, 2.45) is 0 Å². The Morgan fingerprint density at radius 3 is 2.53 bits per heavy atom. The molecule has 0 amide bonds. The van der Waals surface area contributed by atoms with E-state index >= 15 is 0 Å². The van der Waals surface area contributed by atoms with Gasteiger partial charge in [-0.2, -0.15) is 0 Å². The topological polar surface area (TPSA) is 42.8 Å². The van der Waals surface area contributed by atoms with E-state index in [1.54, 1.807) is 22.3 Å². The lowest BCUT2D eigenvalue weighted by Crippen LogP contribution is -3.00. The molecule has 0 bridgehead atoms. The molecule has 0 saturated heterocycles. The molecule has 2 aromatic rings. The van der Waals surface area contributed by atoms with E-state index in [1.807, 2.05) is 0 Å². The van der Waals surface area contributed by atoms with Crippen LogP contribution in [-0.4, -0.2) is 5.10 Å². The van der Waals surface area contributed by atoms with Crippen molar-refractivity contribution >= 4 is 16.5 Å². The van der Waals surface area contributed by atoms with Crippen molar-refractivity contribution in [1.29, 1.82) is 0 Å². The first kappa shape index (κ1) is 12.1. The highest BCUT2D eigenvalue weighted by Crippen LogP contribution is 2.05. The lowest BCUT2D eigenvalue weighted by Gasteiger charge is -1.96. The van der Waals surface area contributed by atoms with E-state index < -0.39 is 0 Å². The van der Waals surface area contributed by atoms with Gasteiger partial charge in [-0.05, 0) is 29.0 Å². The summed E-state index contributed by atoms with van der Waals surface area (Å²) in [5.41, 5.74) is 8.32. The number of hydrogen-bond donors (Lipinski definition) is 1. The van der Waals surface area contributed by atoms with Crippen LogP contribution in [-0.2, 0) is 6.54 Å². The molecule has 1 aromatic heterocycles. The first-order valence-corrected chi connectivity index (χ1v) is 4.97. The highest BCUT2D eigenvalue weighted by Gasteiger charge is 2.07. The minimum atomic E-state index is -0.231. The SMILES string of the molecule is Nc1scn[n+]1Cc1ccc(F)cc1.[Br-]. The Morgan fingerprint density at radius 1 is 1.33 bits per heavy atom. The summed E-state index contributed by atoms with van der Waals surface area (Å²) < 4.78 is 14.3. The van der Waals surface area contributed by atoms with Gasteiger partial charge in [-0.25, -0.2) is 4.39 Å². The summed E-state index contributed by atoms with van der Waals surface area (Å²) in [5.74, 6) is -0.231. The normalized spacial score (nSPS) is 9.67. The summed E-state index contributed by atoms with van der Waals surface area (Å²) in [6.45, 7) is 0.579. The van der Waals surface area contributed by atoms with Crippen LogP contribution in [0.5, 0.6) is 0 Å². The largest absolute Gasteiger partial charge is 1.00 e. The maximum atomic E-state index is 12.6. The molecule has 0 spiro atoms. The molecule has 1 aromatic carbocycles. The number of anilines is 1. The van der Waals surface area contributed by atoms with Crippen LogP contribution < -0.4 is 27.4 Å². The number of halogens is 2. The average Bonchev–Trinajstić information content (AvgIpc) is 2.56. The Balaban J connectivity index is 0.00000112. The fourth-order valence-corrected chi connectivity index (χ4v) is 1.64. The second-order valence-electron chi connectivity index (χ2n) is 2.86. The van der Waals surface area contributed by atoms with Crippen LogP contribution in [0.3, 0.4) is 0 Å². The van der Waals surface area contributed by atoms with Gasteiger partial charge in [-0.3, -0.25) is 5.73 Å². The van der Waals surface area contributed by atoms with Crippen LogP contribution in [0.15, 0.2) is 29.8 Å². The lowest BCUT2D eigenvalue weighted by molar-refractivity contribution is -0.727. The minimum Gasteiger partial charge on any atom is -1.00 e. The molecule has 0 unspecified atom stereocenters. The van der Waals surface area contributed by atoms with E-state index in [0.29, 0.717) is 11.7 Å². The number of benzene rings is 1. The Morgan fingerprint density at radius 2 is 2.00 bits per heavy atom. The van der Waals surface area contributed by atoms with Crippen molar-refractivity contribution in [3.8, 4) is 0 Å². The molecule has 0 aliphatic rings. The van der Waals surface area contributed by atoms with E-state index in [0.717, 1.165) is 5.56 Å². The predicted octanol–water partition coefficient (Wildman–Crippen LogP) is -1.80. The number of hydrogen-bond acceptors (Lipinski definition) is 3. The summed E-state index contributed by atoms with van der Waals surface area (Å²) in [6, 6.07) is 6.30. The van der Waals surface area contributed by atoms with Gasteiger partial charge in [-0.1, -0.05) is 17.2 Å². The van der Waals surface area contributed by atoms with Crippen molar-refractivity contribution < 1.29 is 26.1 Å². The molecule has 1 heterocycles. The molecule has 0 fully saturated rings. The van der Waals surface area contributed by atoms with Gasteiger partial charge in [0.25, 0.3) is 0 Å². The molecule has 0 atom stereocenters. The summed E-state index contributed by atoms with van der Waals surface area (Å²) in [7, 11) is 0. The smallest absolute Gasteiger partial charge is 0.354 e. The van der Waals surface area contributed by atoms with Crippen LogP contribution in [0, 0.1) is 5.82 Å². The van der Waals surface area contributed by atoms with E-state index in [4.69, 9.17) is 5.73 Å². The average molecular weight is 290 g/mol.